The van der Waals surface area contributed by atoms with Crippen molar-refractivity contribution in [2.45, 2.75) is 6.61 Å². The fourth-order valence-corrected chi connectivity index (χ4v) is 3.05. The molecule has 0 fully saturated rings. The summed E-state index contributed by atoms with van der Waals surface area (Å²) in [4.78, 5) is 0. The number of ether oxygens (including phenoxy) is 2. The van der Waals surface area contributed by atoms with Gasteiger partial charge in [0.05, 0.1) is 16.9 Å². The van der Waals surface area contributed by atoms with Gasteiger partial charge in [-0.25, -0.2) is 0 Å². The highest BCUT2D eigenvalue weighted by molar-refractivity contribution is 14.1. The fraction of sp³-hybridized carbons (Fsp3) is 0.133. The van der Waals surface area contributed by atoms with Crippen LogP contribution in [0.4, 0.5) is 0 Å². The quantitative estimate of drug-likeness (QED) is 0.301. The van der Waals surface area contributed by atoms with Crippen molar-refractivity contribution in [2.24, 2.45) is 5.16 Å². The van der Waals surface area contributed by atoms with Gasteiger partial charge in [-0.1, -0.05) is 34.4 Å². The second-order valence-corrected chi connectivity index (χ2v) is 6.31. The molecule has 0 atom stereocenters. The van der Waals surface area contributed by atoms with Crippen molar-refractivity contribution in [1.82, 2.24) is 0 Å². The first-order valence-corrected chi connectivity index (χ1v) is 8.00. The molecule has 0 spiro atoms. The summed E-state index contributed by atoms with van der Waals surface area (Å²) in [6, 6.07) is 8.79. The molecule has 2 aromatic carbocycles. The molecule has 0 radical (unpaired) electrons. The first-order chi connectivity index (χ1) is 10.5. The third-order valence-electron chi connectivity index (χ3n) is 2.85. The van der Waals surface area contributed by atoms with Crippen LogP contribution in [0.5, 0.6) is 11.5 Å². The lowest BCUT2D eigenvalue weighted by molar-refractivity contribution is 0.282. The van der Waals surface area contributed by atoms with Gasteiger partial charge in [0.25, 0.3) is 0 Å². The molecular weight excluding hydrogens is 440 g/mol. The first-order valence-electron chi connectivity index (χ1n) is 6.17. The number of rotatable bonds is 5. The summed E-state index contributed by atoms with van der Waals surface area (Å²) in [7, 11) is 1.55. The van der Waals surface area contributed by atoms with Gasteiger partial charge >= 0.3 is 0 Å². The topological polar surface area (TPSA) is 51.0 Å². The minimum Gasteiger partial charge on any atom is -0.493 e. The molecule has 0 saturated heterocycles. The molecule has 0 aliphatic heterocycles. The smallest absolute Gasteiger partial charge is 0.174 e. The highest BCUT2D eigenvalue weighted by atomic mass is 127. The molecular formula is C15H12Cl2INO3. The minimum atomic E-state index is 0.287. The number of oxime groups is 1. The van der Waals surface area contributed by atoms with Gasteiger partial charge in [-0.15, -0.1) is 0 Å². The van der Waals surface area contributed by atoms with Gasteiger partial charge in [0, 0.05) is 21.2 Å². The Morgan fingerprint density at radius 2 is 2.05 bits per heavy atom. The van der Waals surface area contributed by atoms with E-state index in [2.05, 4.69) is 27.7 Å². The van der Waals surface area contributed by atoms with E-state index in [9.17, 15) is 0 Å². The van der Waals surface area contributed by atoms with Crippen molar-refractivity contribution in [3.8, 4) is 11.5 Å². The summed E-state index contributed by atoms with van der Waals surface area (Å²) in [5, 5.41) is 12.8. The minimum absolute atomic E-state index is 0.287. The first kappa shape index (κ1) is 17.2. The highest BCUT2D eigenvalue weighted by Crippen LogP contribution is 2.34. The zero-order chi connectivity index (χ0) is 16.1. The van der Waals surface area contributed by atoms with Gasteiger partial charge in [0.1, 0.15) is 6.61 Å². The number of hydrogen-bond acceptors (Lipinski definition) is 4. The molecule has 0 aliphatic carbocycles. The molecule has 0 heterocycles. The van der Waals surface area contributed by atoms with Crippen LogP contribution in [0.3, 0.4) is 0 Å². The van der Waals surface area contributed by atoms with Crippen LogP contribution in [0, 0.1) is 3.57 Å². The Morgan fingerprint density at radius 3 is 2.68 bits per heavy atom. The third kappa shape index (κ3) is 4.18. The van der Waals surface area contributed by atoms with Gasteiger partial charge in [0.15, 0.2) is 11.5 Å². The van der Waals surface area contributed by atoms with Gasteiger partial charge in [-0.3, -0.25) is 0 Å². The maximum absolute atomic E-state index is 8.62. The Kier molecular flexibility index (Phi) is 6.16. The Morgan fingerprint density at radius 1 is 1.27 bits per heavy atom. The predicted molar refractivity (Wildman–Crippen MR) is 95.9 cm³/mol. The number of benzene rings is 2. The molecule has 2 aromatic rings. The molecule has 0 aromatic heterocycles. The second kappa shape index (κ2) is 7.89. The Hall–Kier alpha value is -1.18. The Balaban J connectivity index is 2.25. The van der Waals surface area contributed by atoms with E-state index in [1.165, 1.54) is 6.21 Å². The van der Waals surface area contributed by atoms with Crippen molar-refractivity contribution in [1.29, 1.82) is 0 Å². The number of hydrogen-bond donors (Lipinski definition) is 1. The van der Waals surface area contributed by atoms with Gasteiger partial charge < -0.3 is 14.7 Å². The van der Waals surface area contributed by atoms with Crippen LogP contribution in [0.15, 0.2) is 35.5 Å². The molecule has 0 saturated carbocycles. The van der Waals surface area contributed by atoms with E-state index in [4.69, 9.17) is 37.9 Å². The maximum atomic E-state index is 8.62. The average Bonchev–Trinajstić information content (AvgIpc) is 2.47. The maximum Gasteiger partial charge on any atom is 0.174 e. The van der Waals surface area contributed by atoms with Crippen LogP contribution in [-0.4, -0.2) is 18.5 Å². The fourth-order valence-electron chi connectivity index (χ4n) is 1.81. The molecule has 0 unspecified atom stereocenters. The summed E-state index contributed by atoms with van der Waals surface area (Å²) < 4.78 is 12.0. The Bertz CT molecular complexity index is 707. The molecule has 0 aliphatic rings. The van der Waals surface area contributed by atoms with Gasteiger partial charge in [0.2, 0.25) is 0 Å². The van der Waals surface area contributed by atoms with Gasteiger partial charge in [-0.05, 0) is 46.9 Å². The Labute approximate surface area is 151 Å². The monoisotopic (exact) mass is 451 g/mol. The van der Waals surface area contributed by atoms with E-state index in [-0.39, 0.29) is 6.61 Å². The van der Waals surface area contributed by atoms with Crippen LogP contribution in [0.2, 0.25) is 10.0 Å². The van der Waals surface area contributed by atoms with Crippen molar-refractivity contribution >= 4 is 52.0 Å². The molecule has 2 rings (SSSR count). The van der Waals surface area contributed by atoms with E-state index in [0.29, 0.717) is 27.1 Å². The highest BCUT2D eigenvalue weighted by Gasteiger charge is 2.12. The predicted octanol–water partition coefficient (Wildman–Crippen LogP) is 4.99. The van der Waals surface area contributed by atoms with Crippen molar-refractivity contribution < 1.29 is 14.7 Å². The summed E-state index contributed by atoms with van der Waals surface area (Å²) in [5.41, 5.74) is 1.53. The third-order valence-corrected chi connectivity index (χ3v) is 4.23. The van der Waals surface area contributed by atoms with Crippen molar-refractivity contribution in [3.63, 3.8) is 0 Å². The normalized spacial score (nSPS) is 10.9. The van der Waals surface area contributed by atoms with Crippen molar-refractivity contribution in [2.75, 3.05) is 7.11 Å². The van der Waals surface area contributed by atoms with Crippen LogP contribution in [-0.2, 0) is 6.61 Å². The summed E-state index contributed by atoms with van der Waals surface area (Å²) in [5.74, 6) is 1.15. The summed E-state index contributed by atoms with van der Waals surface area (Å²) in [6.45, 7) is 0.287. The second-order valence-electron chi connectivity index (χ2n) is 4.30. The van der Waals surface area contributed by atoms with E-state index in [1.54, 1.807) is 25.3 Å². The number of nitrogens with zero attached hydrogens (tertiary/aromatic N) is 1. The van der Waals surface area contributed by atoms with E-state index >= 15 is 0 Å². The summed E-state index contributed by atoms with van der Waals surface area (Å²) >= 11 is 14.1. The van der Waals surface area contributed by atoms with E-state index < -0.39 is 0 Å². The molecule has 22 heavy (non-hydrogen) atoms. The van der Waals surface area contributed by atoms with Crippen molar-refractivity contribution in [3.05, 3.63) is 55.1 Å². The largest absolute Gasteiger partial charge is 0.493 e. The molecule has 0 amide bonds. The molecule has 116 valence electrons. The van der Waals surface area contributed by atoms with Crippen LogP contribution in [0.25, 0.3) is 0 Å². The SMILES string of the molecule is COc1cc(/C=N\O)cc(I)c1OCc1ccc(Cl)cc1Cl. The lowest BCUT2D eigenvalue weighted by atomic mass is 10.2. The van der Waals surface area contributed by atoms with E-state index in [1.807, 2.05) is 12.1 Å². The lowest BCUT2D eigenvalue weighted by Gasteiger charge is -2.14. The van der Waals surface area contributed by atoms with E-state index in [0.717, 1.165) is 9.13 Å². The van der Waals surface area contributed by atoms with Crippen LogP contribution >= 0.6 is 45.8 Å². The standard InChI is InChI=1S/C15H12Cl2INO3/c1-21-14-5-9(7-19-20)4-13(18)15(14)22-8-10-2-3-11(16)6-12(10)17/h2-7,20H,8H2,1H3/b19-7-. The lowest BCUT2D eigenvalue weighted by Crippen LogP contribution is -2.01. The van der Waals surface area contributed by atoms with Crippen LogP contribution < -0.4 is 9.47 Å². The number of methoxy groups -OCH3 is 1. The van der Waals surface area contributed by atoms with Gasteiger partial charge in [-0.2, -0.15) is 0 Å². The summed E-state index contributed by atoms with van der Waals surface area (Å²) in [6.07, 6.45) is 1.32. The molecule has 0 bridgehead atoms. The average molecular weight is 452 g/mol. The molecule has 1 N–H and O–H groups in total. The molecule has 7 heteroatoms. The zero-order valence-electron chi connectivity index (χ0n) is 11.5. The molecule has 4 nitrogen and oxygen atoms in total. The number of halogens is 3. The van der Waals surface area contributed by atoms with Crippen LogP contribution in [0.1, 0.15) is 11.1 Å². The zero-order valence-corrected chi connectivity index (χ0v) is 15.2.